The SMILES string of the molecule is CCCc1ccc(CN(C)C(C)(C)CN)cc1. The van der Waals surface area contributed by atoms with Crippen molar-refractivity contribution in [2.45, 2.75) is 45.7 Å². The molecule has 1 rings (SSSR count). The Labute approximate surface area is 106 Å². The monoisotopic (exact) mass is 234 g/mol. The molecule has 0 aliphatic heterocycles. The van der Waals surface area contributed by atoms with Crippen LogP contribution in [0.1, 0.15) is 38.3 Å². The summed E-state index contributed by atoms with van der Waals surface area (Å²) in [6, 6.07) is 8.94. The van der Waals surface area contributed by atoms with Crippen molar-refractivity contribution in [3.05, 3.63) is 35.4 Å². The molecule has 0 spiro atoms. The minimum absolute atomic E-state index is 0.0576. The van der Waals surface area contributed by atoms with E-state index < -0.39 is 0 Å². The number of rotatable bonds is 6. The molecule has 0 aliphatic rings. The van der Waals surface area contributed by atoms with Gasteiger partial charge < -0.3 is 5.73 Å². The van der Waals surface area contributed by atoms with Crippen LogP contribution in [0, 0.1) is 0 Å². The van der Waals surface area contributed by atoms with E-state index >= 15 is 0 Å². The highest BCUT2D eigenvalue weighted by Gasteiger charge is 2.21. The molecule has 96 valence electrons. The van der Waals surface area contributed by atoms with E-state index in [0.717, 1.165) is 6.54 Å². The highest BCUT2D eigenvalue weighted by Crippen LogP contribution is 2.15. The summed E-state index contributed by atoms with van der Waals surface area (Å²) in [6.45, 7) is 8.20. The van der Waals surface area contributed by atoms with E-state index in [9.17, 15) is 0 Å². The number of benzene rings is 1. The van der Waals surface area contributed by atoms with Crippen LogP contribution in [0.3, 0.4) is 0 Å². The minimum Gasteiger partial charge on any atom is -0.329 e. The maximum absolute atomic E-state index is 5.78. The second-order valence-corrected chi connectivity index (χ2v) is 5.44. The Morgan fingerprint density at radius 2 is 1.65 bits per heavy atom. The molecule has 0 fully saturated rings. The Morgan fingerprint density at radius 3 is 2.12 bits per heavy atom. The molecule has 2 N–H and O–H groups in total. The first kappa shape index (κ1) is 14.2. The minimum atomic E-state index is 0.0576. The molecule has 0 atom stereocenters. The lowest BCUT2D eigenvalue weighted by molar-refractivity contribution is 0.156. The van der Waals surface area contributed by atoms with Crippen molar-refractivity contribution in [3.63, 3.8) is 0 Å². The molecule has 2 nitrogen and oxygen atoms in total. The van der Waals surface area contributed by atoms with Crippen LogP contribution >= 0.6 is 0 Å². The second-order valence-electron chi connectivity index (χ2n) is 5.44. The van der Waals surface area contributed by atoms with Crippen LogP contribution in [-0.2, 0) is 13.0 Å². The summed E-state index contributed by atoms with van der Waals surface area (Å²) >= 11 is 0. The van der Waals surface area contributed by atoms with Gasteiger partial charge in [0.25, 0.3) is 0 Å². The lowest BCUT2D eigenvalue weighted by Gasteiger charge is -2.34. The second kappa shape index (κ2) is 6.18. The van der Waals surface area contributed by atoms with Crippen molar-refractivity contribution >= 4 is 0 Å². The molecule has 0 amide bonds. The van der Waals surface area contributed by atoms with Gasteiger partial charge in [-0.25, -0.2) is 0 Å². The highest BCUT2D eigenvalue weighted by molar-refractivity contribution is 5.22. The van der Waals surface area contributed by atoms with E-state index in [0.29, 0.717) is 6.54 Å². The van der Waals surface area contributed by atoms with Gasteiger partial charge in [0.1, 0.15) is 0 Å². The molecule has 0 aliphatic carbocycles. The maximum Gasteiger partial charge on any atom is 0.0275 e. The fraction of sp³-hybridized carbons (Fsp3) is 0.600. The van der Waals surface area contributed by atoms with Crippen molar-refractivity contribution in [3.8, 4) is 0 Å². The van der Waals surface area contributed by atoms with Crippen LogP contribution in [-0.4, -0.2) is 24.0 Å². The first-order valence-corrected chi connectivity index (χ1v) is 6.48. The molecule has 17 heavy (non-hydrogen) atoms. The topological polar surface area (TPSA) is 29.3 Å². The Morgan fingerprint density at radius 1 is 1.12 bits per heavy atom. The van der Waals surface area contributed by atoms with Crippen molar-refractivity contribution in [1.29, 1.82) is 0 Å². The van der Waals surface area contributed by atoms with Crippen molar-refractivity contribution < 1.29 is 0 Å². The van der Waals surface area contributed by atoms with Crippen LogP contribution in [0.2, 0.25) is 0 Å². The molecule has 0 bridgehead atoms. The average Bonchev–Trinajstić information content (AvgIpc) is 2.32. The van der Waals surface area contributed by atoms with Gasteiger partial charge in [-0.3, -0.25) is 4.90 Å². The third-order valence-electron chi connectivity index (χ3n) is 3.51. The molecule has 0 aromatic heterocycles. The summed E-state index contributed by atoms with van der Waals surface area (Å²) in [4.78, 5) is 2.31. The number of hydrogen-bond donors (Lipinski definition) is 1. The number of likely N-dealkylation sites (N-methyl/N-ethyl adjacent to an activating group) is 1. The predicted octanol–water partition coefficient (Wildman–Crippen LogP) is 2.81. The lowest BCUT2D eigenvalue weighted by Crippen LogP contribution is -2.46. The molecule has 0 heterocycles. The largest absolute Gasteiger partial charge is 0.329 e. The smallest absolute Gasteiger partial charge is 0.0275 e. The van der Waals surface area contributed by atoms with Gasteiger partial charge in [0, 0.05) is 18.6 Å². The van der Waals surface area contributed by atoms with Crippen LogP contribution < -0.4 is 5.73 Å². The van der Waals surface area contributed by atoms with Gasteiger partial charge in [0.05, 0.1) is 0 Å². The fourth-order valence-corrected chi connectivity index (χ4v) is 1.74. The van der Waals surface area contributed by atoms with E-state index in [4.69, 9.17) is 5.73 Å². The molecule has 0 unspecified atom stereocenters. The standard InChI is InChI=1S/C15H26N2/c1-5-6-13-7-9-14(10-8-13)11-17(4)15(2,3)12-16/h7-10H,5-6,11-12,16H2,1-4H3. The van der Waals surface area contributed by atoms with E-state index in [1.165, 1.54) is 24.0 Å². The quantitative estimate of drug-likeness (QED) is 0.820. The predicted molar refractivity (Wildman–Crippen MR) is 75.0 cm³/mol. The van der Waals surface area contributed by atoms with E-state index in [1.807, 2.05) is 0 Å². The fourth-order valence-electron chi connectivity index (χ4n) is 1.74. The number of aryl methyl sites for hydroxylation is 1. The summed E-state index contributed by atoms with van der Waals surface area (Å²) in [5.74, 6) is 0. The molecule has 1 aromatic rings. The maximum atomic E-state index is 5.78. The van der Waals surface area contributed by atoms with Crippen LogP contribution in [0.5, 0.6) is 0 Å². The summed E-state index contributed by atoms with van der Waals surface area (Å²) in [7, 11) is 2.13. The summed E-state index contributed by atoms with van der Waals surface area (Å²) < 4.78 is 0. The van der Waals surface area contributed by atoms with Crippen molar-refractivity contribution in [1.82, 2.24) is 4.90 Å². The van der Waals surface area contributed by atoms with Gasteiger partial charge in [-0.15, -0.1) is 0 Å². The van der Waals surface area contributed by atoms with E-state index in [2.05, 4.69) is 57.0 Å². The van der Waals surface area contributed by atoms with Crippen LogP contribution in [0.4, 0.5) is 0 Å². The summed E-state index contributed by atoms with van der Waals surface area (Å²) in [5.41, 5.74) is 8.62. The van der Waals surface area contributed by atoms with Crippen LogP contribution in [0.15, 0.2) is 24.3 Å². The van der Waals surface area contributed by atoms with Crippen molar-refractivity contribution in [2.24, 2.45) is 5.73 Å². The third kappa shape index (κ3) is 4.14. The summed E-state index contributed by atoms with van der Waals surface area (Å²) in [6.07, 6.45) is 2.38. The number of hydrogen-bond acceptors (Lipinski definition) is 2. The normalized spacial score (nSPS) is 12.1. The summed E-state index contributed by atoms with van der Waals surface area (Å²) in [5, 5.41) is 0. The number of nitrogens with zero attached hydrogens (tertiary/aromatic N) is 1. The first-order valence-electron chi connectivity index (χ1n) is 6.48. The van der Waals surface area contributed by atoms with Gasteiger partial charge in [-0.2, -0.15) is 0 Å². The molecule has 1 aromatic carbocycles. The zero-order chi connectivity index (χ0) is 12.9. The van der Waals surface area contributed by atoms with E-state index in [-0.39, 0.29) is 5.54 Å². The Bertz CT molecular complexity index is 327. The van der Waals surface area contributed by atoms with Gasteiger partial charge in [0.2, 0.25) is 0 Å². The van der Waals surface area contributed by atoms with E-state index in [1.54, 1.807) is 0 Å². The zero-order valence-electron chi connectivity index (χ0n) is 11.7. The average molecular weight is 234 g/mol. The molecule has 0 saturated heterocycles. The molecule has 0 radical (unpaired) electrons. The Balaban J connectivity index is 2.63. The molecule has 2 heteroatoms. The van der Waals surface area contributed by atoms with Gasteiger partial charge in [0.15, 0.2) is 0 Å². The molecular weight excluding hydrogens is 208 g/mol. The van der Waals surface area contributed by atoms with Crippen molar-refractivity contribution in [2.75, 3.05) is 13.6 Å². The Kier molecular flexibility index (Phi) is 5.16. The Hall–Kier alpha value is -0.860. The van der Waals surface area contributed by atoms with Gasteiger partial charge >= 0.3 is 0 Å². The van der Waals surface area contributed by atoms with Crippen LogP contribution in [0.25, 0.3) is 0 Å². The first-order chi connectivity index (χ1) is 7.99. The lowest BCUT2D eigenvalue weighted by atomic mass is 10.0. The molecular formula is C15H26N2. The third-order valence-corrected chi connectivity index (χ3v) is 3.51. The highest BCUT2D eigenvalue weighted by atomic mass is 15.2. The number of nitrogens with two attached hydrogens (primary N) is 1. The molecule has 0 saturated carbocycles. The van der Waals surface area contributed by atoms with Gasteiger partial charge in [-0.1, -0.05) is 37.6 Å². The van der Waals surface area contributed by atoms with Gasteiger partial charge in [-0.05, 0) is 38.4 Å². The zero-order valence-corrected chi connectivity index (χ0v) is 11.7.